The maximum atomic E-state index is 13.4. The fourth-order valence-electron chi connectivity index (χ4n) is 5.86. The van der Waals surface area contributed by atoms with Crippen molar-refractivity contribution in [1.82, 2.24) is 24.2 Å². The number of anilines is 1. The number of nitrogens with zero attached hydrogens (tertiary/aromatic N) is 6. The van der Waals surface area contributed by atoms with E-state index < -0.39 is 5.60 Å². The summed E-state index contributed by atoms with van der Waals surface area (Å²) in [5, 5.41) is 16.7. The maximum absolute atomic E-state index is 13.4. The average molecular weight is 651 g/mol. The van der Waals surface area contributed by atoms with Crippen LogP contribution < -0.4 is 16.2 Å². The van der Waals surface area contributed by atoms with Gasteiger partial charge in [0.1, 0.15) is 5.52 Å². The first-order valence-electron chi connectivity index (χ1n) is 14.1. The minimum absolute atomic E-state index is 0. The SMILES string of the molecule is Cl.Cl.Cn1nc2c(=O)n(CC3(O)CCN(Cc4ccc(N5CCOCC5)cc4Cl)CC3)cnc2c1-c1ccc(CN)cc1. The van der Waals surface area contributed by atoms with Gasteiger partial charge in [0.15, 0.2) is 5.52 Å². The normalized spacial score (nSPS) is 17.0. The minimum Gasteiger partial charge on any atom is -0.388 e. The number of benzene rings is 2. The summed E-state index contributed by atoms with van der Waals surface area (Å²) in [4.78, 5) is 22.6. The molecule has 2 aromatic heterocycles. The first-order chi connectivity index (χ1) is 19.8. The van der Waals surface area contributed by atoms with Crippen LogP contribution in [0.2, 0.25) is 5.02 Å². The number of aromatic nitrogens is 4. The zero-order valence-corrected chi connectivity index (χ0v) is 26.5. The summed E-state index contributed by atoms with van der Waals surface area (Å²) < 4.78 is 8.63. The van der Waals surface area contributed by atoms with Crippen molar-refractivity contribution < 1.29 is 9.84 Å². The maximum Gasteiger partial charge on any atom is 0.281 e. The van der Waals surface area contributed by atoms with E-state index in [-0.39, 0.29) is 36.9 Å². The van der Waals surface area contributed by atoms with Gasteiger partial charge in [0.05, 0.1) is 37.4 Å². The molecule has 43 heavy (non-hydrogen) atoms. The molecule has 2 aliphatic rings. The van der Waals surface area contributed by atoms with Crippen LogP contribution in [0.25, 0.3) is 22.3 Å². The van der Waals surface area contributed by atoms with E-state index in [0.29, 0.717) is 43.5 Å². The zero-order chi connectivity index (χ0) is 28.6. The number of nitrogens with two attached hydrogens (primary N) is 1. The van der Waals surface area contributed by atoms with Gasteiger partial charge in [-0.3, -0.25) is 18.9 Å². The Balaban J connectivity index is 0.00000212. The molecule has 3 N–H and O–H groups in total. The summed E-state index contributed by atoms with van der Waals surface area (Å²) >= 11 is 6.67. The second-order valence-corrected chi connectivity index (χ2v) is 11.5. The first-order valence-corrected chi connectivity index (χ1v) is 14.5. The highest BCUT2D eigenvalue weighted by atomic mass is 35.5. The second kappa shape index (κ2) is 13.9. The molecular formula is C30H38Cl3N7O3. The Hall–Kier alpha value is -2.70. The van der Waals surface area contributed by atoms with E-state index in [1.54, 1.807) is 4.68 Å². The van der Waals surface area contributed by atoms with Crippen molar-refractivity contribution in [2.24, 2.45) is 12.8 Å². The highest BCUT2D eigenvalue weighted by molar-refractivity contribution is 6.31. The Kier molecular flexibility index (Phi) is 10.8. The van der Waals surface area contributed by atoms with Crippen molar-refractivity contribution >= 4 is 53.1 Å². The van der Waals surface area contributed by atoms with Crippen LogP contribution in [-0.4, -0.2) is 74.3 Å². The summed E-state index contributed by atoms with van der Waals surface area (Å²) in [6, 6.07) is 14.1. The molecular weight excluding hydrogens is 613 g/mol. The van der Waals surface area contributed by atoms with Gasteiger partial charge in [0, 0.05) is 62.6 Å². The number of aryl methyl sites for hydroxylation is 1. The topological polar surface area (TPSA) is 115 Å². The molecule has 10 nitrogen and oxygen atoms in total. The van der Waals surface area contributed by atoms with Gasteiger partial charge >= 0.3 is 0 Å². The lowest BCUT2D eigenvalue weighted by atomic mass is 9.91. The number of ether oxygens (including phenoxy) is 1. The quantitative estimate of drug-likeness (QED) is 0.312. The fourth-order valence-corrected chi connectivity index (χ4v) is 6.09. The van der Waals surface area contributed by atoms with Crippen LogP contribution >= 0.6 is 36.4 Å². The molecule has 0 unspecified atom stereocenters. The molecule has 13 heteroatoms. The van der Waals surface area contributed by atoms with Crippen molar-refractivity contribution in [1.29, 1.82) is 0 Å². The van der Waals surface area contributed by atoms with Gasteiger partial charge in [-0.15, -0.1) is 24.8 Å². The van der Waals surface area contributed by atoms with Crippen LogP contribution in [0.1, 0.15) is 24.0 Å². The lowest BCUT2D eigenvalue weighted by Crippen LogP contribution is -2.47. The van der Waals surface area contributed by atoms with Crippen molar-refractivity contribution in [3.63, 3.8) is 0 Å². The largest absolute Gasteiger partial charge is 0.388 e. The summed E-state index contributed by atoms with van der Waals surface area (Å²) in [5.41, 5.74) is 10.2. The molecule has 0 spiro atoms. The van der Waals surface area contributed by atoms with Gasteiger partial charge in [-0.25, -0.2) is 4.98 Å². The monoisotopic (exact) mass is 649 g/mol. The fraction of sp³-hybridized carbons (Fsp3) is 0.433. The average Bonchev–Trinajstić information content (AvgIpc) is 3.34. The molecule has 0 aliphatic carbocycles. The number of morpholine rings is 1. The number of hydrogen-bond donors (Lipinski definition) is 2. The van der Waals surface area contributed by atoms with E-state index in [1.807, 2.05) is 37.4 Å². The van der Waals surface area contributed by atoms with Crippen LogP contribution in [-0.2, 0) is 31.4 Å². The van der Waals surface area contributed by atoms with Gasteiger partial charge in [-0.1, -0.05) is 41.9 Å². The molecule has 6 rings (SSSR count). The van der Waals surface area contributed by atoms with E-state index in [0.717, 1.165) is 65.9 Å². The zero-order valence-electron chi connectivity index (χ0n) is 24.1. The summed E-state index contributed by atoms with van der Waals surface area (Å²) in [6.45, 7) is 5.98. The number of halogens is 3. The minimum atomic E-state index is -1.00. The Bertz CT molecular complexity index is 1600. The summed E-state index contributed by atoms with van der Waals surface area (Å²) in [7, 11) is 1.81. The molecule has 2 aliphatic heterocycles. The molecule has 0 atom stereocenters. The van der Waals surface area contributed by atoms with Gasteiger partial charge < -0.3 is 20.5 Å². The lowest BCUT2D eigenvalue weighted by Gasteiger charge is -2.38. The summed E-state index contributed by atoms with van der Waals surface area (Å²) in [5.74, 6) is 0. The molecule has 2 aromatic carbocycles. The highest BCUT2D eigenvalue weighted by Crippen LogP contribution is 2.30. The van der Waals surface area contributed by atoms with Crippen LogP contribution in [0, 0.1) is 0 Å². The van der Waals surface area contributed by atoms with E-state index >= 15 is 0 Å². The van der Waals surface area contributed by atoms with E-state index in [2.05, 4.69) is 32.0 Å². The first kappa shape index (κ1) is 33.2. The Morgan fingerprint density at radius 3 is 2.37 bits per heavy atom. The Morgan fingerprint density at radius 1 is 1.02 bits per heavy atom. The van der Waals surface area contributed by atoms with Crippen LogP contribution in [0.3, 0.4) is 0 Å². The predicted molar refractivity (Wildman–Crippen MR) is 175 cm³/mol. The third kappa shape index (κ3) is 7.01. The predicted octanol–water partition coefficient (Wildman–Crippen LogP) is 3.62. The number of aliphatic hydroxyl groups is 1. The van der Waals surface area contributed by atoms with Crippen molar-refractivity contribution in [3.8, 4) is 11.3 Å². The van der Waals surface area contributed by atoms with Crippen LogP contribution in [0.4, 0.5) is 5.69 Å². The van der Waals surface area contributed by atoms with E-state index in [4.69, 9.17) is 22.1 Å². The second-order valence-electron chi connectivity index (χ2n) is 11.1. The number of piperidine rings is 1. The molecule has 4 aromatic rings. The van der Waals surface area contributed by atoms with E-state index in [9.17, 15) is 9.90 Å². The van der Waals surface area contributed by atoms with E-state index in [1.165, 1.54) is 10.9 Å². The number of rotatable bonds is 7. The van der Waals surface area contributed by atoms with Crippen molar-refractivity contribution in [2.75, 3.05) is 44.3 Å². The Morgan fingerprint density at radius 2 is 1.72 bits per heavy atom. The van der Waals surface area contributed by atoms with Gasteiger partial charge in [0.2, 0.25) is 0 Å². The van der Waals surface area contributed by atoms with Crippen molar-refractivity contribution in [3.05, 3.63) is 75.3 Å². The highest BCUT2D eigenvalue weighted by Gasteiger charge is 2.33. The molecule has 4 heterocycles. The molecule has 0 saturated carbocycles. The van der Waals surface area contributed by atoms with Gasteiger partial charge in [-0.2, -0.15) is 5.10 Å². The number of fused-ring (bicyclic) bond motifs is 1. The number of hydrogen-bond acceptors (Lipinski definition) is 8. The molecule has 2 saturated heterocycles. The smallest absolute Gasteiger partial charge is 0.281 e. The molecule has 2 fully saturated rings. The molecule has 232 valence electrons. The molecule has 0 bridgehead atoms. The van der Waals surface area contributed by atoms with Crippen LogP contribution in [0.5, 0.6) is 0 Å². The third-order valence-corrected chi connectivity index (χ3v) is 8.69. The van der Waals surface area contributed by atoms with Gasteiger partial charge in [0.25, 0.3) is 5.56 Å². The standard InChI is InChI=1S/C30H36ClN7O3.2ClH/c1-35-28(22-4-2-21(17-32)3-5-22)26-27(34-35)29(39)38(20-33-26)19-30(40)8-10-36(11-9-30)18-23-6-7-24(16-25(23)31)37-12-14-41-15-13-37;;/h2-7,16,20,40H,8-15,17-19,32H2,1H3;2*1H. The molecule has 0 amide bonds. The third-order valence-electron chi connectivity index (χ3n) is 8.33. The van der Waals surface area contributed by atoms with Crippen molar-refractivity contribution in [2.45, 2.75) is 38.1 Å². The molecule has 0 radical (unpaired) electrons. The Labute approximate surface area is 268 Å². The lowest BCUT2D eigenvalue weighted by molar-refractivity contribution is -0.0364. The van der Waals surface area contributed by atoms with Gasteiger partial charge in [-0.05, 0) is 36.1 Å². The number of likely N-dealkylation sites (tertiary alicyclic amines) is 1. The van der Waals surface area contributed by atoms with Crippen LogP contribution in [0.15, 0.2) is 53.6 Å². The summed E-state index contributed by atoms with van der Waals surface area (Å²) in [6.07, 6.45) is 2.62.